The van der Waals surface area contributed by atoms with Gasteiger partial charge < -0.3 is 15.4 Å². The monoisotopic (exact) mass is 333 g/mol. The lowest BCUT2D eigenvalue weighted by Gasteiger charge is -2.18. The molecule has 2 amide bonds. The maximum Gasteiger partial charge on any atom is 0.401 e. The van der Waals surface area contributed by atoms with Crippen LogP contribution in [0.3, 0.4) is 0 Å². The number of amides is 2. The lowest BCUT2D eigenvalue weighted by molar-refractivity contribution is -0.143. The van der Waals surface area contributed by atoms with Crippen molar-refractivity contribution in [3.8, 4) is 5.75 Å². The third-order valence-electron chi connectivity index (χ3n) is 2.89. The normalized spacial score (nSPS) is 11.4. The molecule has 0 aliphatic heterocycles. The molecule has 0 aromatic heterocycles. The standard InChI is InChI=1S/C15H22F3N3O2/c1-3-23-13-8-5-4-7-12(13)20-14(22)19-9-6-10-21(2)11-15(16,17)18/h4-5,7-8H,3,6,9-11H2,1-2H3,(H2,19,20,22). The molecule has 23 heavy (non-hydrogen) atoms. The Bertz CT molecular complexity index is 495. The molecule has 0 radical (unpaired) electrons. The van der Waals surface area contributed by atoms with E-state index in [-0.39, 0.29) is 13.1 Å². The fourth-order valence-electron chi connectivity index (χ4n) is 1.95. The van der Waals surface area contributed by atoms with Crippen LogP contribution in [-0.2, 0) is 0 Å². The first-order valence-electron chi connectivity index (χ1n) is 7.34. The summed E-state index contributed by atoms with van der Waals surface area (Å²) < 4.78 is 41.8. The predicted octanol–water partition coefficient (Wildman–Crippen LogP) is 3.09. The van der Waals surface area contributed by atoms with Gasteiger partial charge in [-0.1, -0.05) is 12.1 Å². The topological polar surface area (TPSA) is 53.6 Å². The number of ether oxygens (including phenoxy) is 1. The highest BCUT2D eigenvalue weighted by Gasteiger charge is 2.28. The van der Waals surface area contributed by atoms with Crippen LogP contribution in [0.2, 0.25) is 0 Å². The minimum Gasteiger partial charge on any atom is -0.492 e. The van der Waals surface area contributed by atoms with Crippen LogP contribution in [-0.4, -0.2) is 50.4 Å². The zero-order valence-electron chi connectivity index (χ0n) is 13.2. The molecule has 5 nitrogen and oxygen atoms in total. The van der Waals surface area contributed by atoms with Gasteiger partial charge in [-0.25, -0.2) is 4.79 Å². The van der Waals surface area contributed by atoms with E-state index in [9.17, 15) is 18.0 Å². The lowest BCUT2D eigenvalue weighted by Crippen LogP contribution is -2.35. The molecule has 8 heteroatoms. The van der Waals surface area contributed by atoms with Crippen molar-refractivity contribution in [2.24, 2.45) is 0 Å². The van der Waals surface area contributed by atoms with Gasteiger partial charge in [-0.15, -0.1) is 0 Å². The summed E-state index contributed by atoms with van der Waals surface area (Å²) in [4.78, 5) is 12.9. The highest BCUT2D eigenvalue weighted by Crippen LogP contribution is 2.23. The first-order chi connectivity index (χ1) is 10.8. The number of nitrogens with zero attached hydrogens (tertiary/aromatic N) is 1. The summed E-state index contributed by atoms with van der Waals surface area (Å²) in [6.07, 6.45) is -3.78. The number of urea groups is 1. The van der Waals surface area contributed by atoms with E-state index in [0.29, 0.717) is 24.5 Å². The van der Waals surface area contributed by atoms with Crippen molar-refractivity contribution in [3.63, 3.8) is 0 Å². The van der Waals surface area contributed by atoms with E-state index in [1.54, 1.807) is 24.3 Å². The summed E-state index contributed by atoms with van der Waals surface area (Å²) in [6, 6.07) is 6.59. The number of halogens is 3. The molecule has 1 aromatic rings. The van der Waals surface area contributed by atoms with Crippen LogP contribution < -0.4 is 15.4 Å². The molecule has 0 bridgehead atoms. The molecule has 0 saturated carbocycles. The Hall–Kier alpha value is -1.96. The number of hydrogen-bond acceptors (Lipinski definition) is 3. The van der Waals surface area contributed by atoms with Crippen molar-refractivity contribution in [1.82, 2.24) is 10.2 Å². The molecular weight excluding hydrogens is 311 g/mol. The fraction of sp³-hybridized carbons (Fsp3) is 0.533. The minimum absolute atomic E-state index is 0.245. The molecule has 0 fully saturated rings. The second-order valence-electron chi connectivity index (χ2n) is 5.02. The summed E-state index contributed by atoms with van der Waals surface area (Å²) in [5.41, 5.74) is 0.543. The molecule has 1 aromatic carbocycles. The van der Waals surface area contributed by atoms with E-state index in [1.165, 1.54) is 11.9 Å². The molecule has 0 aliphatic rings. The van der Waals surface area contributed by atoms with E-state index >= 15 is 0 Å². The average Bonchev–Trinajstić information content (AvgIpc) is 2.44. The van der Waals surface area contributed by atoms with Gasteiger partial charge in [-0.2, -0.15) is 13.2 Å². The van der Waals surface area contributed by atoms with Crippen LogP contribution in [0.25, 0.3) is 0 Å². The molecule has 130 valence electrons. The molecule has 0 heterocycles. The van der Waals surface area contributed by atoms with Gasteiger partial charge in [0.25, 0.3) is 0 Å². The molecule has 0 aliphatic carbocycles. The summed E-state index contributed by atoms with van der Waals surface area (Å²) in [5, 5.41) is 5.26. The molecule has 0 atom stereocenters. The van der Waals surface area contributed by atoms with Gasteiger partial charge in [0, 0.05) is 6.54 Å². The van der Waals surface area contributed by atoms with Crippen LogP contribution >= 0.6 is 0 Å². The van der Waals surface area contributed by atoms with Crippen LogP contribution in [0.15, 0.2) is 24.3 Å². The van der Waals surface area contributed by atoms with Crippen LogP contribution in [0.4, 0.5) is 23.7 Å². The van der Waals surface area contributed by atoms with Gasteiger partial charge in [0.05, 0.1) is 18.8 Å². The number of carbonyl (C=O) groups excluding carboxylic acids is 1. The van der Waals surface area contributed by atoms with Gasteiger partial charge in [0.15, 0.2) is 0 Å². The Morgan fingerprint density at radius 2 is 2.00 bits per heavy atom. The van der Waals surface area contributed by atoms with Gasteiger partial charge >= 0.3 is 12.2 Å². The number of alkyl halides is 3. The van der Waals surface area contributed by atoms with Gasteiger partial charge in [-0.3, -0.25) is 4.90 Å². The zero-order valence-corrected chi connectivity index (χ0v) is 13.2. The van der Waals surface area contributed by atoms with Gasteiger partial charge in [0.1, 0.15) is 5.75 Å². The Balaban J connectivity index is 2.30. The lowest BCUT2D eigenvalue weighted by atomic mass is 10.3. The largest absolute Gasteiger partial charge is 0.492 e. The first kappa shape index (κ1) is 19.1. The Kier molecular flexibility index (Phi) is 7.67. The zero-order chi connectivity index (χ0) is 17.3. The number of nitrogens with one attached hydrogen (secondary N) is 2. The van der Waals surface area contributed by atoms with Crippen molar-refractivity contribution in [3.05, 3.63) is 24.3 Å². The number of para-hydroxylation sites is 2. The summed E-state index contributed by atoms with van der Waals surface area (Å²) >= 11 is 0. The second-order valence-corrected chi connectivity index (χ2v) is 5.02. The number of rotatable bonds is 8. The van der Waals surface area contributed by atoms with Crippen LogP contribution in [0.5, 0.6) is 5.75 Å². The quantitative estimate of drug-likeness (QED) is 0.719. The maximum atomic E-state index is 12.2. The third kappa shape index (κ3) is 8.29. The minimum atomic E-state index is -4.21. The third-order valence-corrected chi connectivity index (χ3v) is 2.89. The fourth-order valence-corrected chi connectivity index (χ4v) is 1.95. The Morgan fingerprint density at radius 1 is 1.30 bits per heavy atom. The Labute approximate surface area is 133 Å². The van der Waals surface area contributed by atoms with E-state index in [0.717, 1.165) is 0 Å². The van der Waals surface area contributed by atoms with Crippen molar-refractivity contribution in [2.75, 3.05) is 38.6 Å². The molecule has 0 unspecified atom stereocenters. The molecule has 0 spiro atoms. The SMILES string of the molecule is CCOc1ccccc1NC(=O)NCCCN(C)CC(F)(F)F. The van der Waals surface area contributed by atoms with E-state index in [4.69, 9.17) is 4.74 Å². The van der Waals surface area contributed by atoms with Gasteiger partial charge in [-0.05, 0) is 39.1 Å². The number of benzene rings is 1. The summed E-state index contributed by atoms with van der Waals surface area (Å²) in [5.74, 6) is 0.565. The highest BCUT2D eigenvalue weighted by atomic mass is 19.4. The van der Waals surface area contributed by atoms with Crippen molar-refractivity contribution < 1.29 is 22.7 Å². The van der Waals surface area contributed by atoms with Gasteiger partial charge in [0.2, 0.25) is 0 Å². The summed E-state index contributed by atoms with van der Waals surface area (Å²) in [7, 11) is 1.39. The van der Waals surface area contributed by atoms with E-state index < -0.39 is 18.8 Å². The van der Waals surface area contributed by atoms with E-state index in [1.807, 2.05) is 6.92 Å². The molecule has 0 saturated heterocycles. The Morgan fingerprint density at radius 3 is 2.65 bits per heavy atom. The van der Waals surface area contributed by atoms with Crippen molar-refractivity contribution >= 4 is 11.7 Å². The molecular formula is C15H22F3N3O2. The first-order valence-corrected chi connectivity index (χ1v) is 7.34. The second kappa shape index (κ2) is 9.24. The average molecular weight is 333 g/mol. The van der Waals surface area contributed by atoms with Crippen molar-refractivity contribution in [2.45, 2.75) is 19.5 Å². The highest BCUT2D eigenvalue weighted by molar-refractivity contribution is 5.90. The smallest absolute Gasteiger partial charge is 0.401 e. The maximum absolute atomic E-state index is 12.2. The van der Waals surface area contributed by atoms with Crippen LogP contribution in [0, 0.1) is 0 Å². The summed E-state index contributed by atoms with van der Waals surface area (Å²) in [6.45, 7) is 1.89. The van der Waals surface area contributed by atoms with Crippen molar-refractivity contribution in [1.29, 1.82) is 0 Å². The number of carbonyl (C=O) groups is 1. The van der Waals surface area contributed by atoms with E-state index in [2.05, 4.69) is 10.6 Å². The number of anilines is 1. The predicted molar refractivity (Wildman–Crippen MR) is 82.8 cm³/mol. The molecule has 1 rings (SSSR count). The molecule has 2 N–H and O–H groups in total. The van der Waals surface area contributed by atoms with Crippen LogP contribution in [0.1, 0.15) is 13.3 Å². The number of hydrogen-bond donors (Lipinski definition) is 2.